The summed E-state index contributed by atoms with van der Waals surface area (Å²) in [6, 6.07) is 16.5. The highest BCUT2D eigenvalue weighted by atomic mass is 79.9. The Morgan fingerprint density at radius 2 is 2.04 bits per heavy atom. The Balaban J connectivity index is 1.95. The molecule has 1 aromatic heterocycles. The van der Waals surface area contributed by atoms with Crippen LogP contribution in [0.2, 0.25) is 0 Å². The van der Waals surface area contributed by atoms with Crippen LogP contribution in [-0.2, 0) is 11.2 Å². The summed E-state index contributed by atoms with van der Waals surface area (Å²) in [4.78, 5) is 17.7. The van der Waals surface area contributed by atoms with Gasteiger partial charge in [-0.25, -0.2) is 0 Å². The molecule has 1 amide bonds. The Morgan fingerprint density at radius 3 is 2.83 bits per heavy atom. The molecule has 23 heavy (non-hydrogen) atoms. The number of benzene rings is 2. The molecule has 0 unspecified atom stereocenters. The number of H-pyrrole nitrogens is 1. The van der Waals surface area contributed by atoms with Gasteiger partial charge in [0, 0.05) is 34.5 Å². The maximum absolute atomic E-state index is 12.2. The van der Waals surface area contributed by atoms with Crippen LogP contribution in [0.5, 0.6) is 0 Å². The van der Waals surface area contributed by atoms with Crippen LogP contribution in [0.1, 0.15) is 29.8 Å². The number of aromatic amines is 1. The number of fused-ring (bicyclic) bond motifs is 3. The third-order valence-corrected chi connectivity index (χ3v) is 5.10. The summed E-state index contributed by atoms with van der Waals surface area (Å²) in [7, 11) is 0. The van der Waals surface area contributed by atoms with Gasteiger partial charge in [0.05, 0.1) is 6.04 Å². The second-order valence-corrected chi connectivity index (χ2v) is 6.90. The second kappa shape index (κ2) is 5.53. The summed E-state index contributed by atoms with van der Waals surface area (Å²) in [6.07, 6.45) is 0.892. The van der Waals surface area contributed by atoms with Crippen molar-refractivity contribution in [3.63, 3.8) is 0 Å². The molecule has 0 radical (unpaired) electrons. The Labute approximate surface area is 143 Å². The summed E-state index contributed by atoms with van der Waals surface area (Å²) in [5.41, 5.74) is 4.75. The number of aromatic nitrogens is 1. The van der Waals surface area contributed by atoms with Crippen LogP contribution in [-0.4, -0.2) is 22.3 Å². The van der Waals surface area contributed by atoms with Gasteiger partial charge in [0.2, 0.25) is 5.91 Å². The number of amides is 1. The van der Waals surface area contributed by atoms with E-state index in [4.69, 9.17) is 0 Å². The highest BCUT2D eigenvalue weighted by molar-refractivity contribution is 9.10. The minimum absolute atomic E-state index is 0.0545. The molecule has 0 bridgehead atoms. The van der Waals surface area contributed by atoms with Crippen LogP contribution < -0.4 is 0 Å². The molecule has 0 aliphatic carbocycles. The molecule has 1 aliphatic rings. The first-order valence-corrected chi connectivity index (χ1v) is 8.56. The van der Waals surface area contributed by atoms with Crippen LogP contribution >= 0.6 is 15.9 Å². The van der Waals surface area contributed by atoms with Crippen molar-refractivity contribution in [1.29, 1.82) is 0 Å². The van der Waals surface area contributed by atoms with Crippen molar-refractivity contribution < 1.29 is 4.79 Å². The van der Waals surface area contributed by atoms with Gasteiger partial charge < -0.3 is 9.88 Å². The van der Waals surface area contributed by atoms with E-state index >= 15 is 0 Å². The third kappa shape index (κ3) is 2.38. The number of rotatable bonds is 1. The van der Waals surface area contributed by atoms with Crippen LogP contribution in [0.3, 0.4) is 0 Å². The minimum atomic E-state index is -0.0545. The lowest BCUT2D eigenvalue weighted by Gasteiger charge is -2.35. The van der Waals surface area contributed by atoms with Gasteiger partial charge in [0.15, 0.2) is 0 Å². The molecule has 0 fully saturated rings. The van der Waals surface area contributed by atoms with Crippen LogP contribution in [0.4, 0.5) is 0 Å². The van der Waals surface area contributed by atoms with Gasteiger partial charge in [-0.1, -0.05) is 46.3 Å². The van der Waals surface area contributed by atoms with Crippen molar-refractivity contribution in [2.24, 2.45) is 0 Å². The fraction of sp³-hybridized carbons (Fsp3) is 0.211. The minimum Gasteiger partial charge on any atom is -0.356 e. The lowest BCUT2D eigenvalue weighted by molar-refractivity contribution is -0.130. The Bertz CT molecular complexity index is 899. The fourth-order valence-electron chi connectivity index (χ4n) is 3.60. The topological polar surface area (TPSA) is 36.1 Å². The number of carbonyl (C=O) groups is 1. The highest BCUT2D eigenvalue weighted by Gasteiger charge is 2.32. The molecule has 0 saturated carbocycles. The molecule has 1 aliphatic heterocycles. The number of hydrogen-bond donors (Lipinski definition) is 1. The summed E-state index contributed by atoms with van der Waals surface area (Å²) in [5, 5.41) is 1.27. The van der Waals surface area contributed by atoms with Crippen molar-refractivity contribution in [2.45, 2.75) is 19.4 Å². The van der Waals surface area contributed by atoms with Gasteiger partial charge in [-0.2, -0.15) is 0 Å². The lowest BCUT2D eigenvalue weighted by Crippen LogP contribution is -2.39. The summed E-state index contributed by atoms with van der Waals surface area (Å²) in [5.74, 6) is 0.110. The molecule has 1 atom stereocenters. The zero-order chi connectivity index (χ0) is 16.0. The maximum Gasteiger partial charge on any atom is 0.220 e. The summed E-state index contributed by atoms with van der Waals surface area (Å²) in [6.45, 7) is 2.40. The predicted octanol–water partition coefficient (Wildman–Crippen LogP) is 4.42. The van der Waals surface area contributed by atoms with Gasteiger partial charge in [0.25, 0.3) is 0 Å². The summed E-state index contributed by atoms with van der Waals surface area (Å²) < 4.78 is 1.03. The van der Waals surface area contributed by atoms with E-state index < -0.39 is 0 Å². The van der Waals surface area contributed by atoms with Crippen molar-refractivity contribution >= 4 is 32.7 Å². The molecule has 0 saturated heterocycles. The van der Waals surface area contributed by atoms with Crippen molar-refractivity contribution in [3.8, 4) is 0 Å². The average Bonchev–Trinajstić information content (AvgIpc) is 2.92. The van der Waals surface area contributed by atoms with E-state index in [1.165, 1.54) is 10.9 Å². The van der Waals surface area contributed by atoms with Crippen LogP contribution in [0.15, 0.2) is 53.0 Å². The van der Waals surface area contributed by atoms with Gasteiger partial charge in [-0.05, 0) is 35.7 Å². The zero-order valence-electron chi connectivity index (χ0n) is 12.8. The predicted molar refractivity (Wildman–Crippen MR) is 95.4 cm³/mol. The number of halogens is 1. The SMILES string of the molecule is CC(=O)N1CCc2c([nH]c3ccccc23)[C@@H]1c1cccc(Br)c1. The number of nitrogens with one attached hydrogen (secondary N) is 1. The van der Waals surface area contributed by atoms with Gasteiger partial charge >= 0.3 is 0 Å². The smallest absolute Gasteiger partial charge is 0.220 e. The Morgan fingerprint density at radius 1 is 1.22 bits per heavy atom. The molecular formula is C19H17BrN2O. The standard InChI is InChI=1S/C19H17BrN2O/c1-12(23)22-10-9-16-15-7-2-3-8-17(15)21-18(16)19(22)13-5-4-6-14(20)11-13/h2-8,11,19,21H,9-10H2,1H3/t19-/m0/s1. The number of hydrogen-bond acceptors (Lipinski definition) is 1. The zero-order valence-corrected chi connectivity index (χ0v) is 14.4. The number of carbonyl (C=O) groups excluding carboxylic acids is 1. The van der Waals surface area contributed by atoms with Crippen LogP contribution in [0, 0.1) is 0 Å². The monoisotopic (exact) mass is 368 g/mol. The second-order valence-electron chi connectivity index (χ2n) is 5.98. The molecule has 2 heterocycles. The normalized spacial score (nSPS) is 17.3. The highest BCUT2D eigenvalue weighted by Crippen LogP contribution is 2.38. The first-order valence-electron chi connectivity index (χ1n) is 7.77. The molecular weight excluding hydrogens is 352 g/mol. The van der Waals surface area contributed by atoms with Gasteiger partial charge in [-0.15, -0.1) is 0 Å². The number of para-hydroxylation sites is 1. The first-order chi connectivity index (χ1) is 11.1. The fourth-order valence-corrected chi connectivity index (χ4v) is 4.02. The molecule has 4 rings (SSSR count). The molecule has 2 aromatic carbocycles. The molecule has 3 aromatic rings. The Kier molecular flexibility index (Phi) is 3.49. The van der Waals surface area contributed by atoms with Gasteiger partial charge in [0.1, 0.15) is 0 Å². The van der Waals surface area contributed by atoms with Crippen LogP contribution in [0.25, 0.3) is 10.9 Å². The van der Waals surface area contributed by atoms with Gasteiger partial charge in [-0.3, -0.25) is 4.79 Å². The average molecular weight is 369 g/mol. The van der Waals surface area contributed by atoms with E-state index in [1.54, 1.807) is 6.92 Å². The maximum atomic E-state index is 12.2. The summed E-state index contributed by atoms with van der Waals surface area (Å²) >= 11 is 3.55. The van der Waals surface area contributed by atoms with E-state index in [-0.39, 0.29) is 11.9 Å². The molecule has 0 spiro atoms. The number of nitrogens with zero attached hydrogens (tertiary/aromatic N) is 1. The molecule has 3 nitrogen and oxygen atoms in total. The quantitative estimate of drug-likeness (QED) is 0.677. The van der Waals surface area contributed by atoms with Crippen molar-refractivity contribution in [2.75, 3.05) is 6.54 Å². The van der Waals surface area contributed by atoms with E-state index in [9.17, 15) is 4.79 Å². The van der Waals surface area contributed by atoms with Crippen molar-refractivity contribution in [1.82, 2.24) is 9.88 Å². The molecule has 4 heteroatoms. The van der Waals surface area contributed by atoms with Crippen molar-refractivity contribution in [3.05, 3.63) is 69.8 Å². The van der Waals surface area contributed by atoms with E-state index in [0.717, 1.165) is 34.2 Å². The molecule has 116 valence electrons. The molecule has 1 N–H and O–H groups in total. The largest absolute Gasteiger partial charge is 0.356 e. The first kappa shape index (κ1) is 14.5. The van der Waals surface area contributed by atoms with E-state index in [2.05, 4.69) is 51.2 Å². The third-order valence-electron chi connectivity index (χ3n) is 4.60. The van der Waals surface area contributed by atoms with E-state index in [0.29, 0.717) is 0 Å². The van der Waals surface area contributed by atoms with E-state index in [1.807, 2.05) is 23.1 Å². The Hall–Kier alpha value is -2.07. The lowest BCUT2D eigenvalue weighted by atomic mass is 9.92.